The van der Waals surface area contributed by atoms with Gasteiger partial charge in [0.2, 0.25) is 15.9 Å². The van der Waals surface area contributed by atoms with Gasteiger partial charge < -0.3 is 14.8 Å². The quantitative estimate of drug-likeness (QED) is 0.581. The van der Waals surface area contributed by atoms with E-state index in [1.807, 2.05) is 31.2 Å². The Morgan fingerprint density at radius 1 is 1.15 bits per heavy atom. The van der Waals surface area contributed by atoms with Gasteiger partial charge in [0.05, 0.1) is 24.6 Å². The van der Waals surface area contributed by atoms with Crippen LogP contribution in [0, 0.1) is 0 Å². The van der Waals surface area contributed by atoms with Crippen LogP contribution in [0.15, 0.2) is 48.5 Å². The number of sulfonamides is 1. The van der Waals surface area contributed by atoms with Crippen molar-refractivity contribution in [1.29, 1.82) is 0 Å². The van der Waals surface area contributed by atoms with Crippen LogP contribution in [0.1, 0.15) is 58.6 Å². The van der Waals surface area contributed by atoms with Gasteiger partial charge in [0.1, 0.15) is 23.1 Å². The van der Waals surface area contributed by atoms with E-state index in [1.165, 1.54) is 0 Å². The lowest BCUT2D eigenvalue weighted by Crippen LogP contribution is -2.51. The van der Waals surface area contributed by atoms with Crippen LogP contribution < -0.4 is 19.1 Å². The molecule has 2 unspecified atom stereocenters. The Balaban J connectivity index is 1.88. The number of fused-ring (bicyclic) bond motifs is 1. The fraction of sp³-hybridized carbons (Fsp3) is 0.480. The number of ether oxygens (including phenoxy) is 2. The first kappa shape index (κ1) is 24.9. The average Bonchev–Trinajstić information content (AvgIpc) is 2.79. The van der Waals surface area contributed by atoms with Crippen molar-refractivity contribution in [2.24, 2.45) is 0 Å². The van der Waals surface area contributed by atoms with Gasteiger partial charge in [-0.25, -0.2) is 8.42 Å². The van der Waals surface area contributed by atoms with E-state index in [2.05, 4.69) is 19.2 Å². The average molecular weight is 475 g/mol. The van der Waals surface area contributed by atoms with Crippen molar-refractivity contribution in [3.63, 3.8) is 0 Å². The predicted octanol–water partition coefficient (Wildman–Crippen LogP) is 4.44. The Kier molecular flexibility index (Phi) is 7.57. The monoisotopic (exact) mass is 474 g/mol. The van der Waals surface area contributed by atoms with Crippen LogP contribution in [0.3, 0.4) is 0 Å². The number of hydrogen-bond donors (Lipinski definition) is 1. The number of benzene rings is 2. The van der Waals surface area contributed by atoms with Gasteiger partial charge in [-0.3, -0.25) is 9.10 Å². The largest absolute Gasteiger partial charge is 0.494 e. The summed E-state index contributed by atoms with van der Waals surface area (Å²) in [5, 5.41) is 3.10. The Morgan fingerprint density at radius 3 is 2.36 bits per heavy atom. The summed E-state index contributed by atoms with van der Waals surface area (Å²) in [5.74, 6) is 1.04. The summed E-state index contributed by atoms with van der Waals surface area (Å²) < 4.78 is 38.3. The maximum absolute atomic E-state index is 13.4. The van der Waals surface area contributed by atoms with Gasteiger partial charge in [-0.1, -0.05) is 32.0 Å². The molecule has 0 radical (unpaired) electrons. The standard InChI is InChI=1S/C25H34N2O5S/c1-6-25(7-2)17-22(21-11-9-10-12-23(21)32-25)26-24(28)18(4)27(33(5,29)30)19-13-15-20(16-14-19)31-8-3/h9-16,18,22H,6-8,17H2,1-5H3,(H,26,28). The van der Waals surface area contributed by atoms with Crippen LogP contribution >= 0.6 is 0 Å². The van der Waals surface area contributed by atoms with Crippen LogP contribution in [0.25, 0.3) is 0 Å². The maximum Gasteiger partial charge on any atom is 0.244 e. The van der Waals surface area contributed by atoms with Gasteiger partial charge >= 0.3 is 0 Å². The second kappa shape index (κ2) is 10.0. The molecule has 180 valence electrons. The first-order valence-electron chi connectivity index (χ1n) is 11.4. The molecule has 1 heterocycles. The van der Waals surface area contributed by atoms with Gasteiger partial charge in [0.15, 0.2) is 0 Å². The molecule has 33 heavy (non-hydrogen) atoms. The second-order valence-corrected chi connectivity index (χ2v) is 10.3. The third-order valence-corrected chi connectivity index (χ3v) is 7.53. The van der Waals surface area contributed by atoms with E-state index in [1.54, 1.807) is 31.2 Å². The molecular weight excluding hydrogens is 440 g/mol. The smallest absolute Gasteiger partial charge is 0.244 e. The molecule has 0 saturated heterocycles. The number of rotatable bonds is 9. The van der Waals surface area contributed by atoms with Crippen LogP contribution in [-0.4, -0.2) is 38.8 Å². The third-order valence-electron chi connectivity index (χ3n) is 6.29. The normalized spacial score (nSPS) is 17.9. The highest BCUT2D eigenvalue weighted by atomic mass is 32.2. The lowest BCUT2D eigenvalue weighted by Gasteiger charge is -2.42. The van der Waals surface area contributed by atoms with Crippen molar-refractivity contribution in [2.45, 2.75) is 64.6 Å². The van der Waals surface area contributed by atoms with E-state index in [0.29, 0.717) is 24.5 Å². The lowest BCUT2D eigenvalue weighted by atomic mass is 9.83. The van der Waals surface area contributed by atoms with Gasteiger partial charge in [-0.05, 0) is 57.0 Å². The topological polar surface area (TPSA) is 84.9 Å². The van der Waals surface area contributed by atoms with E-state index < -0.39 is 16.1 Å². The molecule has 0 spiro atoms. The molecule has 1 aliphatic rings. The van der Waals surface area contributed by atoms with Crippen LogP contribution in [0.5, 0.6) is 11.5 Å². The Morgan fingerprint density at radius 2 is 1.79 bits per heavy atom. The van der Waals surface area contributed by atoms with Crippen LogP contribution in [0.4, 0.5) is 5.69 Å². The molecule has 0 aliphatic carbocycles. The Labute approximate surface area is 197 Å². The molecule has 1 aliphatic heterocycles. The highest BCUT2D eigenvalue weighted by Gasteiger charge is 2.40. The minimum absolute atomic E-state index is 0.272. The minimum Gasteiger partial charge on any atom is -0.494 e. The maximum atomic E-state index is 13.4. The minimum atomic E-state index is -3.71. The molecule has 2 atom stereocenters. The van der Waals surface area contributed by atoms with Crippen molar-refractivity contribution in [2.75, 3.05) is 17.2 Å². The van der Waals surface area contributed by atoms with E-state index in [9.17, 15) is 13.2 Å². The van der Waals surface area contributed by atoms with Crippen molar-refractivity contribution >= 4 is 21.6 Å². The van der Waals surface area contributed by atoms with Crippen LogP contribution in [0.2, 0.25) is 0 Å². The van der Waals surface area contributed by atoms with Crippen molar-refractivity contribution in [1.82, 2.24) is 5.32 Å². The molecule has 0 saturated carbocycles. The number of carbonyl (C=O) groups is 1. The first-order chi connectivity index (χ1) is 15.6. The Bertz CT molecular complexity index is 1060. The SMILES string of the molecule is CCOc1ccc(N(C(C)C(=O)NC2CC(CC)(CC)Oc3ccccc32)S(C)(=O)=O)cc1. The van der Waals surface area contributed by atoms with Crippen LogP contribution in [-0.2, 0) is 14.8 Å². The summed E-state index contributed by atoms with van der Waals surface area (Å²) in [7, 11) is -3.71. The molecule has 0 fully saturated rings. The molecule has 2 aromatic rings. The van der Waals surface area contributed by atoms with E-state index in [-0.39, 0.29) is 17.6 Å². The molecule has 0 bridgehead atoms. The fourth-order valence-corrected chi connectivity index (χ4v) is 5.56. The predicted molar refractivity (Wildman–Crippen MR) is 130 cm³/mol. The summed E-state index contributed by atoms with van der Waals surface area (Å²) in [6.07, 6.45) is 3.34. The molecule has 0 aromatic heterocycles. The number of anilines is 1. The highest BCUT2D eigenvalue weighted by molar-refractivity contribution is 7.92. The van der Waals surface area contributed by atoms with Crippen molar-refractivity contribution in [3.05, 3.63) is 54.1 Å². The molecule has 1 amide bonds. The lowest BCUT2D eigenvalue weighted by molar-refractivity contribution is -0.123. The summed E-state index contributed by atoms with van der Waals surface area (Å²) in [4.78, 5) is 13.4. The number of nitrogens with one attached hydrogen (secondary N) is 1. The van der Waals surface area contributed by atoms with Gasteiger partial charge in [-0.2, -0.15) is 0 Å². The zero-order valence-corrected chi connectivity index (χ0v) is 20.8. The molecule has 7 nitrogen and oxygen atoms in total. The molecule has 2 aromatic carbocycles. The van der Waals surface area contributed by atoms with Gasteiger partial charge in [0.25, 0.3) is 0 Å². The summed E-state index contributed by atoms with van der Waals surface area (Å²) in [6.45, 7) is 8.15. The second-order valence-electron chi connectivity index (χ2n) is 8.46. The van der Waals surface area contributed by atoms with E-state index in [4.69, 9.17) is 9.47 Å². The molecular formula is C25H34N2O5S. The molecule has 3 rings (SSSR count). The summed E-state index contributed by atoms with van der Waals surface area (Å²) in [5.41, 5.74) is 0.941. The number of amides is 1. The first-order valence-corrected chi connectivity index (χ1v) is 13.3. The van der Waals surface area contributed by atoms with Crippen molar-refractivity contribution in [3.8, 4) is 11.5 Å². The zero-order chi connectivity index (χ0) is 24.2. The summed E-state index contributed by atoms with van der Waals surface area (Å²) in [6, 6.07) is 13.2. The summed E-state index contributed by atoms with van der Waals surface area (Å²) >= 11 is 0. The van der Waals surface area contributed by atoms with Crippen molar-refractivity contribution < 1.29 is 22.7 Å². The fourth-order valence-electron chi connectivity index (χ4n) is 4.39. The van der Waals surface area contributed by atoms with Gasteiger partial charge in [0, 0.05) is 12.0 Å². The number of hydrogen-bond acceptors (Lipinski definition) is 5. The number of nitrogens with zero attached hydrogens (tertiary/aromatic N) is 1. The van der Waals surface area contributed by atoms with E-state index >= 15 is 0 Å². The number of para-hydroxylation sites is 1. The highest BCUT2D eigenvalue weighted by Crippen LogP contribution is 2.42. The van der Waals surface area contributed by atoms with Gasteiger partial charge in [-0.15, -0.1) is 0 Å². The number of carbonyl (C=O) groups excluding carboxylic acids is 1. The Hall–Kier alpha value is -2.74. The zero-order valence-electron chi connectivity index (χ0n) is 20.0. The molecule has 1 N–H and O–H groups in total. The third kappa shape index (κ3) is 5.43. The molecule has 8 heteroatoms. The van der Waals surface area contributed by atoms with E-state index in [0.717, 1.165) is 34.7 Å².